The van der Waals surface area contributed by atoms with Gasteiger partial charge in [-0.05, 0) is 37.7 Å². The highest BCUT2D eigenvalue weighted by molar-refractivity contribution is 5.92. The second-order valence-corrected chi connectivity index (χ2v) is 6.25. The van der Waals surface area contributed by atoms with E-state index in [2.05, 4.69) is 46.6 Å². The molecule has 0 aliphatic rings. The molecule has 0 saturated carbocycles. The number of benzene rings is 1. The van der Waals surface area contributed by atoms with Crippen LogP contribution in [0.25, 0.3) is 0 Å². The number of anilines is 2. The van der Waals surface area contributed by atoms with Crippen LogP contribution >= 0.6 is 0 Å². The van der Waals surface area contributed by atoms with E-state index in [0.29, 0.717) is 24.0 Å². The van der Waals surface area contributed by atoms with E-state index in [1.807, 2.05) is 31.1 Å². The molecule has 0 saturated heterocycles. The van der Waals surface area contributed by atoms with E-state index in [4.69, 9.17) is 0 Å². The summed E-state index contributed by atoms with van der Waals surface area (Å²) >= 11 is 0. The minimum atomic E-state index is -0.197. The van der Waals surface area contributed by atoms with Gasteiger partial charge in [0.15, 0.2) is 0 Å². The van der Waals surface area contributed by atoms with Crippen molar-refractivity contribution in [1.29, 1.82) is 0 Å². The molecule has 1 heterocycles. The number of carbonyl (C=O) groups is 1. The summed E-state index contributed by atoms with van der Waals surface area (Å²) in [5.74, 6) is 0.896. The number of nitrogens with zero attached hydrogens (tertiary/aromatic N) is 3. The molecule has 2 aromatic rings. The van der Waals surface area contributed by atoms with Crippen LogP contribution in [-0.4, -0.2) is 48.0 Å². The molecule has 2 N–H and O–H groups in total. The predicted molar refractivity (Wildman–Crippen MR) is 96.7 cm³/mol. The maximum Gasteiger partial charge on any atom is 0.270 e. The number of likely N-dealkylation sites (N-methyl/N-ethyl adjacent to an activating group) is 1. The quantitative estimate of drug-likeness (QED) is 0.818. The molecule has 1 amide bonds. The van der Waals surface area contributed by atoms with Gasteiger partial charge in [-0.15, -0.1) is 0 Å². The molecular formula is C18H25N5O. The molecular weight excluding hydrogens is 302 g/mol. The molecule has 1 aromatic heterocycles. The zero-order chi connectivity index (χ0) is 17.5. The predicted octanol–water partition coefficient (Wildman–Crippen LogP) is 2.64. The third-order valence-electron chi connectivity index (χ3n) is 3.59. The highest BCUT2D eigenvalue weighted by atomic mass is 16.1. The van der Waals surface area contributed by atoms with Crippen LogP contribution in [0.5, 0.6) is 0 Å². The smallest absolute Gasteiger partial charge is 0.270 e. The Bertz CT molecular complexity index is 667. The lowest BCUT2D eigenvalue weighted by Gasteiger charge is -2.11. The molecule has 1 aromatic carbocycles. The Labute approximate surface area is 143 Å². The summed E-state index contributed by atoms with van der Waals surface area (Å²) in [6, 6.07) is 9.84. The standard InChI is InChI=1S/C18H25N5O/c1-13(2)14-5-7-15(8-6-14)22-17-11-16(20-12-21-17)18(24)19-9-10-23(3)4/h5-8,11-13H,9-10H2,1-4H3,(H,19,24)(H,20,21,22). The second kappa shape index (κ2) is 8.40. The minimum Gasteiger partial charge on any atom is -0.349 e. The summed E-state index contributed by atoms with van der Waals surface area (Å²) in [5.41, 5.74) is 2.56. The number of nitrogens with one attached hydrogen (secondary N) is 2. The van der Waals surface area contributed by atoms with Gasteiger partial charge in [0, 0.05) is 24.8 Å². The molecule has 6 nitrogen and oxygen atoms in total. The number of hydrogen-bond acceptors (Lipinski definition) is 5. The van der Waals surface area contributed by atoms with Crippen LogP contribution in [0.1, 0.15) is 35.8 Å². The summed E-state index contributed by atoms with van der Waals surface area (Å²) in [4.78, 5) is 22.3. The first-order chi connectivity index (χ1) is 11.5. The van der Waals surface area contributed by atoms with Gasteiger partial charge in [0.05, 0.1) is 0 Å². The van der Waals surface area contributed by atoms with Crippen LogP contribution in [0.3, 0.4) is 0 Å². The number of amides is 1. The zero-order valence-corrected chi connectivity index (χ0v) is 14.7. The van der Waals surface area contributed by atoms with Crippen LogP contribution in [-0.2, 0) is 0 Å². The Morgan fingerprint density at radius 1 is 1.17 bits per heavy atom. The first-order valence-corrected chi connectivity index (χ1v) is 8.07. The van der Waals surface area contributed by atoms with Gasteiger partial charge in [-0.25, -0.2) is 9.97 Å². The molecule has 0 spiro atoms. The number of hydrogen-bond donors (Lipinski definition) is 2. The number of carbonyl (C=O) groups excluding carboxylic acids is 1. The van der Waals surface area contributed by atoms with Gasteiger partial charge < -0.3 is 15.5 Å². The molecule has 0 fully saturated rings. The van der Waals surface area contributed by atoms with Gasteiger partial charge in [-0.3, -0.25) is 4.79 Å². The van der Waals surface area contributed by atoms with Crippen molar-refractivity contribution in [2.45, 2.75) is 19.8 Å². The van der Waals surface area contributed by atoms with E-state index in [9.17, 15) is 4.79 Å². The van der Waals surface area contributed by atoms with Crippen molar-refractivity contribution in [1.82, 2.24) is 20.2 Å². The Morgan fingerprint density at radius 2 is 1.88 bits per heavy atom. The molecule has 128 valence electrons. The van der Waals surface area contributed by atoms with Crippen molar-refractivity contribution in [3.05, 3.63) is 47.9 Å². The number of rotatable bonds is 7. The lowest BCUT2D eigenvalue weighted by atomic mass is 10.0. The Morgan fingerprint density at radius 3 is 2.50 bits per heavy atom. The van der Waals surface area contributed by atoms with Crippen LogP contribution < -0.4 is 10.6 Å². The maximum atomic E-state index is 12.1. The summed E-state index contributed by atoms with van der Waals surface area (Å²) in [5, 5.41) is 6.04. The molecule has 0 atom stereocenters. The third-order valence-corrected chi connectivity index (χ3v) is 3.59. The van der Waals surface area contributed by atoms with Gasteiger partial charge in [0.25, 0.3) is 5.91 Å². The average Bonchev–Trinajstić information content (AvgIpc) is 2.55. The summed E-state index contributed by atoms with van der Waals surface area (Å²) in [6.07, 6.45) is 1.39. The van der Waals surface area contributed by atoms with E-state index in [-0.39, 0.29) is 5.91 Å². The molecule has 0 unspecified atom stereocenters. The van der Waals surface area contributed by atoms with E-state index in [0.717, 1.165) is 12.2 Å². The molecule has 0 radical (unpaired) electrons. The zero-order valence-electron chi connectivity index (χ0n) is 14.7. The Kier molecular flexibility index (Phi) is 6.26. The van der Waals surface area contributed by atoms with Crippen molar-refractivity contribution in [2.75, 3.05) is 32.5 Å². The van der Waals surface area contributed by atoms with Crippen LogP contribution in [0.15, 0.2) is 36.7 Å². The fraction of sp³-hybridized carbons (Fsp3) is 0.389. The molecule has 2 rings (SSSR count). The highest BCUT2D eigenvalue weighted by Gasteiger charge is 2.08. The second-order valence-electron chi connectivity index (χ2n) is 6.25. The normalized spacial score (nSPS) is 10.9. The molecule has 24 heavy (non-hydrogen) atoms. The van der Waals surface area contributed by atoms with Crippen LogP contribution in [0, 0.1) is 0 Å². The van der Waals surface area contributed by atoms with Gasteiger partial charge >= 0.3 is 0 Å². The third kappa shape index (κ3) is 5.31. The van der Waals surface area contributed by atoms with Crippen molar-refractivity contribution in [3.8, 4) is 0 Å². The molecule has 6 heteroatoms. The van der Waals surface area contributed by atoms with Crippen molar-refractivity contribution < 1.29 is 4.79 Å². The molecule has 0 aliphatic heterocycles. The lowest BCUT2D eigenvalue weighted by Crippen LogP contribution is -2.31. The van der Waals surface area contributed by atoms with Gasteiger partial charge in [-0.1, -0.05) is 26.0 Å². The van der Waals surface area contributed by atoms with E-state index >= 15 is 0 Å². The van der Waals surface area contributed by atoms with Gasteiger partial charge in [0.2, 0.25) is 0 Å². The SMILES string of the molecule is CC(C)c1ccc(Nc2cc(C(=O)NCCN(C)C)ncn2)cc1. The van der Waals surface area contributed by atoms with E-state index in [1.54, 1.807) is 6.07 Å². The maximum absolute atomic E-state index is 12.1. The topological polar surface area (TPSA) is 70.2 Å². The Balaban J connectivity index is 2.00. The van der Waals surface area contributed by atoms with Crippen molar-refractivity contribution in [3.63, 3.8) is 0 Å². The van der Waals surface area contributed by atoms with Crippen molar-refractivity contribution in [2.24, 2.45) is 0 Å². The van der Waals surface area contributed by atoms with Gasteiger partial charge in [-0.2, -0.15) is 0 Å². The first kappa shape index (κ1) is 17.9. The largest absolute Gasteiger partial charge is 0.349 e. The first-order valence-electron chi connectivity index (χ1n) is 8.07. The van der Waals surface area contributed by atoms with E-state index in [1.165, 1.54) is 11.9 Å². The van der Waals surface area contributed by atoms with Crippen LogP contribution in [0.2, 0.25) is 0 Å². The summed E-state index contributed by atoms with van der Waals surface area (Å²) in [7, 11) is 3.92. The average molecular weight is 327 g/mol. The minimum absolute atomic E-state index is 0.197. The van der Waals surface area contributed by atoms with Crippen molar-refractivity contribution >= 4 is 17.4 Å². The lowest BCUT2D eigenvalue weighted by molar-refractivity contribution is 0.0946. The fourth-order valence-corrected chi connectivity index (χ4v) is 2.13. The number of aromatic nitrogens is 2. The molecule has 0 aliphatic carbocycles. The van der Waals surface area contributed by atoms with E-state index < -0.39 is 0 Å². The Hall–Kier alpha value is -2.47. The monoisotopic (exact) mass is 327 g/mol. The molecule has 0 bridgehead atoms. The fourth-order valence-electron chi connectivity index (χ4n) is 2.13. The highest BCUT2D eigenvalue weighted by Crippen LogP contribution is 2.19. The summed E-state index contributed by atoms with van der Waals surface area (Å²) < 4.78 is 0. The van der Waals surface area contributed by atoms with Crippen LogP contribution in [0.4, 0.5) is 11.5 Å². The van der Waals surface area contributed by atoms with Gasteiger partial charge in [0.1, 0.15) is 17.8 Å². The summed E-state index contributed by atoms with van der Waals surface area (Å²) in [6.45, 7) is 5.68.